The number of sulfonamides is 1. The molecule has 1 fully saturated rings. The van der Waals surface area contributed by atoms with Gasteiger partial charge in [0.2, 0.25) is 15.9 Å². The van der Waals surface area contributed by atoms with E-state index < -0.39 is 15.8 Å². The Morgan fingerprint density at radius 1 is 0.971 bits per heavy atom. The molecule has 0 radical (unpaired) electrons. The van der Waals surface area contributed by atoms with E-state index in [0.717, 1.165) is 15.6 Å². The molecule has 0 saturated carbocycles. The van der Waals surface area contributed by atoms with Gasteiger partial charge in [0.05, 0.1) is 11.4 Å². The lowest BCUT2D eigenvalue weighted by Gasteiger charge is -2.37. The molecule has 1 amide bonds. The maximum atomic E-state index is 14.4. The van der Waals surface area contributed by atoms with Crippen LogP contribution in [0.1, 0.15) is 11.1 Å². The minimum atomic E-state index is -4.03. The number of nitrogens with zero attached hydrogens (tertiary/aromatic N) is 3. The Bertz CT molecular complexity index is 1290. The molecule has 0 aliphatic carbocycles. The Hall–Kier alpha value is -2.94. The van der Waals surface area contributed by atoms with Crippen molar-refractivity contribution >= 4 is 33.2 Å². The number of anilines is 1. The minimum Gasteiger partial charge on any atom is -0.368 e. The van der Waals surface area contributed by atoms with Crippen molar-refractivity contribution < 1.29 is 17.6 Å². The fraction of sp³-hybridized carbons (Fsp3) is 0.269. The molecule has 0 bridgehead atoms. The van der Waals surface area contributed by atoms with E-state index in [2.05, 4.69) is 4.90 Å². The fourth-order valence-electron chi connectivity index (χ4n) is 4.04. The zero-order valence-corrected chi connectivity index (χ0v) is 21.0. The maximum absolute atomic E-state index is 14.4. The molecular formula is C26H27ClFN3O3S. The van der Waals surface area contributed by atoms with Gasteiger partial charge in [0.15, 0.2) is 0 Å². The number of aryl methyl sites for hydroxylation is 1. The van der Waals surface area contributed by atoms with Gasteiger partial charge in [0.25, 0.3) is 0 Å². The summed E-state index contributed by atoms with van der Waals surface area (Å²) in [6.07, 6.45) is 0. The zero-order chi connectivity index (χ0) is 25.0. The fourth-order valence-corrected chi connectivity index (χ4v) is 5.59. The van der Waals surface area contributed by atoms with Gasteiger partial charge in [-0.1, -0.05) is 53.6 Å². The Kier molecular flexibility index (Phi) is 7.74. The molecule has 6 nitrogen and oxygen atoms in total. The predicted octanol–water partition coefficient (Wildman–Crippen LogP) is 4.33. The van der Waals surface area contributed by atoms with Crippen molar-refractivity contribution in [3.8, 4) is 0 Å². The molecule has 0 aromatic heterocycles. The van der Waals surface area contributed by atoms with Crippen molar-refractivity contribution in [2.24, 2.45) is 0 Å². The summed E-state index contributed by atoms with van der Waals surface area (Å²) in [6.45, 7) is 3.35. The van der Waals surface area contributed by atoms with E-state index in [1.165, 1.54) is 24.3 Å². The molecule has 4 rings (SSSR count). The molecule has 35 heavy (non-hydrogen) atoms. The molecule has 1 saturated heterocycles. The normalized spacial score (nSPS) is 14.4. The molecule has 0 unspecified atom stereocenters. The monoisotopic (exact) mass is 515 g/mol. The van der Waals surface area contributed by atoms with E-state index in [-0.39, 0.29) is 29.5 Å². The molecule has 0 N–H and O–H groups in total. The third-order valence-electron chi connectivity index (χ3n) is 6.08. The number of carbonyl (C=O) groups excluding carboxylic acids is 1. The summed E-state index contributed by atoms with van der Waals surface area (Å²) in [5.41, 5.74) is 2.10. The van der Waals surface area contributed by atoms with Crippen LogP contribution >= 0.6 is 11.6 Å². The van der Waals surface area contributed by atoms with Crippen molar-refractivity contribution in [2.75, 3.05) is 37.6 Å². The van der Waals surface area contributed by atoms with Crippen LogP contribution in [0.3, 0.4) is 0 Å². The van der Waals surface area contributed by atoms with Crippen molar-refractivity contribution in [1.82, 2.24) is 9.21 Å². The van der Waals surface area contributed by atoms with E-state index in [9.17, 15) is 17.6 Å². The molecule has 0 spiro atoms. The number of carbonyl (C=O) groups is 1. The van der Waals surface area contributed by atoms with E-state index in [4.69, 9.17) is 11.6 Å². The molecule has 3 aromatic rings. The number of halogens is 2. The van der Waals surface area contributed by atoms with Crippen LogP contribution in [0.4, 0.5) is 10.1 Å². The number of rotatable bonds is 7. The first-order valence-corrected chi connectivity index (χ1v) is 13.1. The number of piperazine rings is 1. The van der Waals surface area contributed by atoms with Crippen LogP contribution in [-0.4, -0.2) is 56.3 Å². The lowest BCUT2D eigenvalue weighted by Crippen LogP contribution is -2.51. The SMILES string of the molecule is Cc1ccc(S(=O)(=O)N(CC(=O)N2CCN(c3cccc(Cl)c3)CC2)Cc2ccccc2F)cc1. The van der Waals surface area contributed by atoms with Gasteiger partial charge in [-0.15, -0.1) is 0 Å². The minimum absolute atomic E-state index is 0.0676. The van der Waals surface area contributed by atoms with E-state index in [1.807, 2.05) is 31.2 Å². The highest BCUT2D eigenvalue weighted by Gasteiger charge is 2.30. The second-order valence-electron chi connectivity index (χ2n) is 8.53. The average Bonchev–Trinajstić information content (AvgIpc) is 2.85. The Labute approximate surface area is 210 Å². The second kappa shape index (κ2) is 10.8. The van der Waals surface area contributed by atoms with Gasteiger partial charge in [-0.2, -0.15) is 4.31 Å². The molecule has 1 aliphatic heterocycles. The third kappa shape index (κ3) is 6.01. The summed E-state index contributed by atoms with van der Waals surface area (Å²) in [5, 5.41) is 0.645. The van der Waals surface area contributed by atoms with E-state index in [1.54, 1.807) is 29.2 Å². The molecule has 0 atom stereocenters. The molecule has 3 aromatic carbocycles. The highest BCUT2D eigenvalue weighted by molar-refractivity contribution is 7.89. The smallest absolute Gasteiger partial charge is 0.243 e. The zero-order valence-electron chi connectivity index (χ0n) is 19.4. The van der Waals surface area contributed by atoms with Crippen molar-refractivity contribution in [3.05, 3.63) is 94.8 Å². The molecule has 184 valence electrons. The summed E-state index contributed by atoms with van der Waals surface area (Å²) in [7, 11) is -4.03. The van der Waals surface area contributed by atoms with Crippen LogP contribution in [0.5, 0.6) is 0 Å². The van der Waals surface area contributed by atoms with Crippen LogP contribution in [-0.2, 0) is 21.4 Å². The van der Waals surface area contributed by atoms with Crippen molar-refractivity contribution in [3.63, 3.8) is 0 Å². The summed E-state index contributed by atoms with van der Waals surface area (Å²) < 4.78 is 42.4. The van der Waals surface area contributed by atoms with Crippen LogP contribution in [0.25, 0.3) is 0 Å². The summed E-state index contributed by atoms with van der Waals surface area (Å²) in [6, 6.07) is 19.9. The van der Waals surface area contributed by atoms with Crippen molar-refractivity contribution in [2.45, 2.75) is 18.4 Å². The van der Waals surface area contributed by atoms with E-state index in [0.29, 0.717) is 31.2 Å². The molecule has 1 aliphatic rings. The van der Waals surface area contributed by atoms with Crippen LogP contribution in [0, 0.1) is 12.7 Å². The van der Waals surface area contributed by atoms with Gasteiger partial charge in [-0.05, 0) is 43.3 Å². The number of hydrogen-bond acceptors (Lipinski definition) is 4. The highest BCUT2D eigenvalue weighted by Crippen LogP contribution is 2.23. The largest absolute Gasteiger partial charge is 0.368 e. The van der Waals surface area contributed by atoms with Gasteiger partial charge >= 0.3 is 0 Å². The van der Waals surface area contributed by atoms with Crippen LogP contribution in [0.15, 0.2) is 77.7 Å². The quantitative estimate of drug-likeness (QED) is 0.470. The first-order valence-electron chi connectivity index (χ1n) is 11.3. The maximum Gasteiger partial charge on any atom is 0.243 e. The van der Waals surface area contributed by atoms with E-state index >= 15 is 0 Å². The average molecular weight is 516 g/mol. The molecular weight excluding hydrogens is 489 g/mol. The Morgan fingerprint density at radius 3 is 2.31 bits per heavy atom. The summed E-state index contributed by atoms with van der Waals surface area (Å²) in [5.74, 6) is -0.832. The molecule has 1 heterocycles. The Balaban J connectivity index is 1.51. The van der Waals surface area contributed by atoms with Crippen molar-refractivity contribution in [1.29, 1.82) is 0 Å². The third-order valence-corrected chi connectivity index (χ3v) is 8.12. The summed E-state index contributed by atoms with van der Waals surface area (Å²) >= 11 is 6.10. The number of amides is 1. The molecule has 9 heteroatoms. The topological polar surface area (TPSA) is 60.9 Å². The first kappa shape index (κ1) is 25.2. The van der Waals surface area contributed by atoms with Crippen LogP contribution in [0.2, 0.25) is 5.02 Å². The number of hydrogen-bond donors (Lipinski definition) is 0. The predicted molar refractivity (Wildman–Crippen MR) is 135 cm³/mol. The van der Waals surface area contributed by atoms with Gasteiger partial charge in [0.1, 0.15) is 5.82 Å². The lowest BCUT2D eigenvalue weighted by molar-refractivity contribution is -0.131. The highest BCUT2D eigenvalue weighted by atomic mass is 35.5. The van der Waals surface area contributed by atoms with Crippen LogP contribution < -0.4 is 4.90 Å². The summed E-state index contributed by atoms with van der Waals surface area (Å²) in [4.78, 5) is 17.1. The van der Waals surface area contributed by atoms with Gasteiger partial charge in [-0.3, -0.25) is 4.79 Å². The lowest BCUT2D eigenvalue weighted by atomic mass is 10.2. The number of benzene rings is 3. The van der Waals surface area contributed by atoms with Gasteiger partial charge < -0.3 is 9.80 Å². The van der Waals surface area contributed by atoms with Gasteiger partial charge in [0, 0.05) is 49.0 Å². The Morgan fingerprint density at radius 2 is 1.66 bits per heavy atom. The standard InChI is InChI=1S/C26H27ClFN3O3S/c1-20-9-11-24(12-10-20)35(33,34)31(18-21-5-2-3-8-25(21)28)19-26(32)30-15-13-29(14-16-30)23-7-4-6-22(27)17-23/h2-12,17H,13-16,18-19H2,1H3. The first-order chi connectivity index (χ1) is 16.7. The van der Waals surface area contributed by atoms with Gasteiger partial charge in [-0.25, -0.2) is 12.8 Å². The second-order valence-corrected chi connectivity index (χ2v) is 10.9.